The molecule has 0 saturated heterocycles. The van der Waals surface area contributed by atoms with Crippen molar-refractivity contribution in [3.05, 3.63) is 35.0 Å². The van der Waals surface area contributed by atoms with Crippen LogP contribution >= 0.6 is 11.6 Å². The number of H-pyrrole nitrogens is 1. The second-order valence-electron chi connectivity index (χ2n) is 4.06. The van der Waals surface area contributed by atoms with Crippen LogP contribution in [-0.2, 0) is 7.05 Å². The monoisotopic (exact) mass is 246 g/mol. The summed E-state index contributed by atoms with van der Waals surface area (Å²) < 4.78 is 1.68. The minimum absolute atomic E-state index is 0.601. The van der Waals surface area contributed by atoms with E-state index in [-0.39, 0.29) is 0 Å². The Kier molecular flexibility index (Phi) is 2.19. The summed E-state index contributed by atoms with van der Waals surface area (Å²) in [5.74, 6) is 0.708. The van der Waals surface area contributed by atoms with E-state index < -0.39 is 0 Å². The number of aryl methyl sites for hydroxylation is 2. The molecule has 0 radical (unpaired) electrons. The van der Waals surface area contributed by atoms with Gasteiger partial charge in [-0.2, -0.15) is 5.10 Å². The number of rotatable bonds is 1. The van der Waals surface area contributed by atoms with Gasteiger partial charge in [0.05, 0.1) is 16.1 Å². The minimum atomic E-state index is 0.601. The Balaban J connectivity index is 2.25. The molecule has 1 aromatic carbocycles. The number of nitrogens with one attached hydrogen (secondary N) is 1. The topological polar surface area (TPSA) is 46.5 Å². The van der Waals surface area contributed by atoms with Gasteiger partial charge in [0, 0.05) is 13.2 Å². The normalized spacial score (nSPS) is 11.2. The van der Waals surface area contributed by atoms with Gasteiger partial charge in [0.15, 0.2) is 5.82 Å². The van der Waals surface area contributed by atoms with Crippen LogP contribution in [0.2, 0.25) is 5.02 Å². The van der Waals surface area contributed by atoms with Gasteiger partial charge in [0.25, 0.3) is 0 Å². The highest BCUT2D eigenvalue weighted by Gasteiger charge is 2.13. The molecule has 4 nitrogen and oxygen atoms in total. The van der Waals surface area contributed by atoms with Crippen LogP contribution in [0.5, 0.6) is 0 Å². The maximum Gasteiger partial charge on any atom is 0.160 e. The van der Waals surface area contributed by atoms with Gasteiger partial charge < -0.3 is 4.98 Å². The van der Waals surface area contributed by atoms with Crippen LogP contribution in [0, 0.1) is 6.92 Å². The van der Waals surface area contributed by atoms with Crippen molar-refractivity contribution in [3.8, 4) is 11.5 Å². The highest BCUT2D eigenvalue weighted by molar-refractivity contribution is 6.32. The van der Waals surface area contributed by atoms with E-state index >= 15 is 0 Å². The summed E-state index contributed by atoms with van der Waals surface area (Å²) in [5.41, 5.74) is 3.78. The number of para-hydroxylation sites is 1. The number of halogens is 1. The molecule has 0 atom stereocenters. The molecule has 0 aliphatic rings. The Morgan fingerprint density at radius 2 is 2.18 bits per heavy atom. The van der Waals surface area contributed by atoms with Crippen molar-refractivity contribution >= 4 is 22.6 Å². The van der Waals surface area contributed by atoms with E-state index in [1.165, 1.54) is 0 Å². The number of hydrogen-bond donors (Lipinski definition) is 1. The lowest BCUT2D eigenvalue weighted by Crippen LogP contribution is -1.88. The van der Waals surface area contributed by atoms with Gasteiger partial charge in [-0.1, -0.05) is 23.7 Å². The molecule has 0 saturated carbocycles. The molecule has 0 aliphatic heterocycles. The molecule has 0 amide bonds. The summed E-state index contributed by atoms with van der Waals surface area (Å²) in [7, 11) is 1.84. The number of nitrogens with zero attached hydrogens (tertiary/aromatic N) is 3. The van der Waals surface area contributed by atoms with Gasteiger partial charge in [0.2, 0.25) is 0 Å². The standard InChI is InChI=1S/C12H11ClN4/c1-7-4-3-5-9-10(7)15-12(14-9)11-8(13)6-17(2)16-11/h3-6H,1-2H3,(H,14,15). The molecule has 0 unspecified atom stereocenters. The fraction of sp³-hybridized carbons (Fsp3) is 0.167. The third-order valence-corrected chi connectivity index (χ3v) is 3.00. The molecule has 0 aliphatic carbocycles. The maximum absolute atomic E-state index is 6.10. The Hall–Kier alpha value is -1.81. The molecule has 0 bridgehead atoms. The predicted octanol–water partition coefficient (Wildman–Crippen LogP) is 2.93. The summed E-state index contributed by atoms with van der Waals surface area (Å²) in [4.78, 5) is 7.78. The Labute approximate surface area is 103 Å². The highest BCUT2D eigenvalue weighted by atomic mass is 35.5. The number of benzene rings is 1. The first-order chi connectivity index (χ1) is 8.15. The van der Waals surface area contributed by atoms with Crippen LogP contribution in [0.1, 0.15) is 5.56 Å². The van der Waals surface area contributed by atoms with Gasteiger partial charge in [0.1, 0.15) is 5.69 Å². The first-order valence-corrected chi connectivity index (χ1v) is 5.68. The number of aromatic nitrogens is 4. The molecule has 5 heteroatoms. The quantitative estimate of drug-likeness (QED) is 0.718. The van der Waals surface area contributed by atoms with Crippen LogP contribution in [0.25, 0.3) is 22.6 Å². The van der Waals surface area contributed by atoms with Gasteiger partial charge in [-0.05, 0) is 18.6 Å². The van der Waals surface area contributed by atoms with Gasteiger partial charge in [-0.3, -0.25) is 4.68 Å². The van der Waals surface area contributed by atoms with Crippen LogP contribution in [0.4, 0.5) is 0 Å². The average Bonchev–Trinajstić information content (AvgIpc) is 2.82. The molecule has 1 N–H and O–H groups in total. The number of aromatic amines is 1. The predicted molar refractivity (Wildman–Crippen MR) is 68.0 cm³/mol. The Morgan fingerprint density at radius 3 is 2.82 bits per heavy atom. The molecular formula is C12H11ClN4. The molecule has 3 aromatic rings. The molecule has 0 spiro atoms. The van der Waals surface area contributed by atoms with Crippen molar-refractivity contribution < 1.29 is 0 Å². The van der Waals surface area contributed by atoms with Crippen molar-refractivity contribution in [2.45, 2.75) is 6.92 Å². The van der Waals surface area contributed by atoms with Crippen molar-refractivity contribution in [1.82, 2.24) is 19.7 Å². The molecule has 2 aromatic heterocycles. The van der Waals surface area contributed by atoms with Crippen molar-refractivity contribution in [2.75, 3.05) is 0 Å². The second kappa shape index (κ2) is 3.60. The lowest BCUT2D eigenvalue weighted by molar-refractivity contribution is 0.769. The summed E-state index contributed by atoms with van der Waals surface area (Å²) in [6.07, 6.45) is 1.76. The molecular weight excluding hydrogens is 236 g/mol. The van der Waals surface area contributed by atoms with Crippen molar-refractivity contribution in [1.29, 1.82) is 0 Å². The van der Waals surface area contributed by atoms with E-state index in [1.807, 2.05) is 32.2 Å². The second-order valence-corrected chi connectivity index (χ2v) is 4.46. The lowest BCUT2D eigenvalue weighted by Gasteiger charge is -1.90. The molecule has 86 valence electrons. The first kappa shape index (κ1) is 10.4. The molecule has 3 rings (SSSR count). The van der Waals surface area contributed by atoms with Crippen LogP contribution in [-0.4, -0.2) is 19.7 Å². The van der Waals surface area contributed by atoms with Crippen molar-refractivity contribution in [2.24, 2.45) is 7.05 Å². The van der Waals surface area contributed by atoms with Crippen molar-refractivity contribution in [3.63, 3.8) is 0 Å². The SMILES string of the molecule is Cc1cccc2[nH]c(-c3nn(C)cc3Cl)nc12. The molecule has 0 fully saturated rings. The zero-order valence-electron chi connectivity index (χ0n) is 9.53. The number of fused-ring (bicyclic) bond motifs is 1. The van der Waals surface area contributed by atoms with Gasteiger partial charge in [-0.15, -0.1) is 0 Å². The summed E-state index contributed by atoms with van der Waals surface area (Å²) in [5, 5.41) is 4.90. The number of imidazole rings is 1. The Morgan fingerprint density at radius 1 is 1.35 bits per heavy atom. The fourth-order valence-electron chi connectivity index (χ4n) is 1.91. The maximum atomic E-state index is 6.10. The lowest BCUT2D eigenvalue weighted by atomic mass is 10.2. The molecule has 2 heterocycles. The smallest absolute Gasteiger partial charge is 0.160 e. The van der Waals surface area contributed by atoms with E-state index in [1.54, 1.807) is 10.9 Å². The summed E-state index contributed by atoms with van der Waals surface area (Å²) in [6, 6.07) is 6.03. The Bertz CT molecular complexity index is 696. The number of hydrogen-bond acceptors (Lipinski definition) is 2. The third kappa shape index (κ3) is 1.61. The zero-order valence-corrected chi connectivity index (χ0v) is 10.3. The minimum Gasteiger partial charge on any atom is -0.337 e. The van der Waals surface area contributed by atoms with Crippen LogP contribution < -0.4 is 0 Å². The van der Waals surface area contributed by atoms with Gasteiger partial charge in [-0.25, -0.2) is 4.98 Å². The fourth-order valence-corrected chi connectivity index (χ4v) is 2.18. The van der Waals surface area contributed by atoms with Crippen LogP contribution in [0.3, 0.4) is 0 Å². The summed E-state index contributed by atoms with van der Waals surface area (Å²) >= 11 is 6.10. The van der Waals surface area contributed by atoms with Gasteiger partial charge >= 0.3 is 0 Å². The zero-order chi connectivity index (χ0) is 12.0. The van der Waals surface area contributed by atoms with E-state index in [4.69, 9.17) is 11.6 Å². The average molecular weight is 247 g/mol. The first-order valence-electron chi connectivity index (χ1n) is 5.30. The van der Waals surface area contributed by atoms with Crippen LogP contribution in [0.15, 0.2) is 24.4 Å². The highest BCUT2D eigenvalue weighted by Crippen LogP contribution is 2.26. The largest absolute Gasteiger partial charge is 0.337 e. The summed E-state index contributed by atoms with van der Waals surface area (Å²) in [6.45, 7) is 2.03. The molecule has 17 heavy (non-hydrogen) atoms. The van der Waals surface area contributed by atoms with E-state index in [2.05, 4.69) is 15.1 Å². The van der Waals surface area contributed by atoms with E-state index in [0.717, 1.165) is 16.6 Å². The van der Waals surface area contributed by atoms with E-state index in [9.17, 15) is 0 Å². The van der Waals surface area contributed by atoms with E-state index in [0.29, 0.717) is 16.5 Å². The third-order valence-electron chi connectivity index (χ3n) is 2.72.